The molecule has 0 heterocycles. The topological polar surface area (TPSA) is 86.8 Å². The minimum atomic E-state index is -3.56. The molecule has 1 atom stereocenters. The summed E-state index contributed by atoms with van der Waals surface area (Å²) in [6.45, 7) is 4.06. The standard InChI is InChI=1S/C23H30ClN3O4S/c1-17-9-5-6-10-19(17)16-26(18(2)23(29)25-3)22(28)13-8-14-27(32(4,30)31)21-12-7-11-20(24)15-21/h5-7,9-12,15,18H,8,13-14,16H2,1-4H3,(H,25,29)/t18-/m1/s1. The third-order valence-corrected chi connectivity index (χ3v) is 6.69. The first-order valence-electron chi connectivity index (χ1n) is 10.3. The van der Waals surface area contributed by atoms with Gasteiger partial charge in [-0.25, -0.2) is 8.42 Å². The molecule has 0 aromatic heterocycles. The monoisotopic (exact) mass is 479 g/mol. The smallest absolute Gasteiger partial charge is 0.242 e. The molecule has 7 nitrogen and oxygen atoms in total. The van der Waals surface area contributed by atoms with E-state index in [9.17, 15) is 18.0 Å². The Kier molecular flexibility index (Phi) is 9.09. The number of nitrogens with one attached hydrogen (secondary N) is 1. The van der Waals surface area contributed by atoms with Crippen molar-refractivity contribution in [3.05, 3.63) is 64.7 Å². The average Bonchev–Trinajstić information content (AvgIpc) is 2.74. The Morgan fingerprint density at radius 2 is 1.81 bits per heavy atom. The van der Waals surface area contributed by atoms with Gasteiger partial charge < -0.3 is 10.2 Å². The van der Waals surface area contributed by atoms with Crippen molar-refractivity contribution < 1.29 is 18.0 Å². The van der Waals surface area contributed by atoms with Crippen LogP contribution in [0.1, 0.15) is 30.9 Å². The molecule has 0 aliphatic heterocycles. The highest BCUT2D eigenvalue weighted by molar-refractivity contribution is 7.92. The Morgan fingerprint density at radius 1 is 1.12 bits per heavy atom. The van der Waals surface area contributed by atoms with Gasteiger partial charge in [0.1, 0.15) is 6.04 Å². The van der Waals surface area contributed by atoms with Crippen molar-refractivity contribution in [2.24, 2.45) is 0 Å². The van der Waals surface area contributed by atoms with Crippen molar-refractivity contribution in [2.75, 3.05) is 24.2 Å². The lowest BCUT2D eigenvalue weighted by atomic mass is 10.1. The highest BCUT2D eigenvalue weighted by Crippen LogP contribution is 2.23. The quantitative estimate of drug-likeness (QED) is 0.566. The van der Waals surface area contributed by atoms with E-state index in [0.717, 1.165) is 17.4 Å². The molecular weight excluding hydrogens is 450 g/mol. The number of hydrogen-bond donors (Lipinski definition) is 1. The summed E-state index contributed by atoms with van der Waals surface area (Å²) in [4.78, 5) is 26.9. The fraction of sp³-hybridized carbons (Fsp3) is 0.391. The van der Waals surface area contributed by atoms with Gasteiger partial charge in [-0.05, 0) is 49.6 Å². The first-order valence-corrected chi connectivity index (χ1v) is 12.6. The molecule has 2 rings (SSSR count). The van der Waals surface area contributed by atoms with Crippen molar-refractivity contribution in [3.8, 4) is 0 Å². The minimum Gasteiger partial charge on any atom is -0.357 e. The molecule has 0 saturated heterocycles. The van der Waals surface area contributed by atoms with Gasteiger partial charge in [0.25, 0.3) is 0 Å². The van der Waals surface area contributed by atoms with Crippen LogP contribution in [0.2, 0.25) is 5.02 Å². The Labute approximate surface area is 195 Å². The van der Waals surface area contributed by atoms with E-state index in [0.29, 0.717) is 23.7 Å². The van der Waals surface area contributed by atoms with E-state index in [4.69, 9.17) is 11.6 Å². The van der Waals surface area contributed by atoms with Gasteiger partial charge in [-0.15, -0.1) is 0 Å². The zero-order valence-electron chi connectivity index (χ0n) is 18.8. The number of likely N-dealkylation sites (N-methyl/N-ethyl adjacent to an activating group) is 1. The number of nitrogens with zero attached hydrogens (tertiary/aromatic N) is 2. The third-order valence-electron chi connectivity index (χ3n) is 5.26. The maximum atomic E-state index is 13.1. The predicted molar refractivity (Wildman–Crippen MR) is 128 cm³/mol. The number of carbonyl (C=O) groups excluding carboxylic acids is 2. The highest BCUT2D eigenvalue weighted by Gasteiger charge is 2.26. The number of carbonyl (C=O) groups is 2. The molecule has 2 aromatic carbocycles. The summed E-state index contributed by atoms with van der Waals surface area (Å²) < 4.78 is 25.8. The van der Waals surface area contributed by atoms with Crippen LogP contribution >= 0.6 is 11.6 Å². The van der Waals surface area contributed by atoms with Gasteiger partial charge in [0.15, 0.2) is 0 Å². The summed E-state index contributed by atoms with van der Waals surface area (Å²) in [5.74, 6) is -0.479. The largest absolute Gasteiger partial charge is 0.357 e. The maximum absolute atomic E-state index is 13.1. The van der Waals surface area contributed by atoms with Gasteiger partial charge in [0.05, 0.1) is 11.9 Å². The molecule has 0 saturated carbocycles. The van der Waals surface area contributed by atoms with E-state index in [1.165, 1.54) is 16.3 Å². The second kappa shape index (κ2) is 11.3. The lowest BCUT2D eigenvalue weighted by Crippen LogP contribution is -2.47. The van der Waals surface area contributed by atoms with Gasteiger partial charge >= 0.3 is 0 Å². The zero-order valence-corrected chi connectivity index (χ0v) is 20.4. The average molecular weight is 480 g/mol. The second-order valence-corrected chi connectivity index (χ2v) is 10.0. The van der Waals surface area contributed by atoms with Gasteiger partial charge in [-0.2, -0.15) is 0 Å². The fourth-order valence-electron chi connectivity index (χ4n) is 3.40. The van der Waals surface area contributed by atoms with E-state index in [1.54, 1.807) is 31.2 Å². The number of sulfonamides is 1. The molecule has 9 heteroatoms. The summed E-state index contributed by atoms with van der Waals surface area (Å²) in [5.41, 5.74) is 2.43. The Balaban J connectivity index is 2.15. The number of aryl methyl sites for hydroxylation is 1. The number of benzene rings is 2. The molecule has 0 radical (unpaired) electrons. The van der Waals surface area contributed by atoms with Crippen LogP contribution in [0.4, 0.5) is 5.69 Å². The van der Waals surface area contributed by atoms with Gasteiger partial charge in [-0.3, -0.25) is 13.9 Å². The molecule has 2 aromatic rings. The zero-order chi connectivity index (χ0) is 23.9. The number of rotatable bonds is 10. The highest BCUT2D eigenvalue weighted by atomic mass is 35.5. The normalized spacial score (nSPS) is 12.2. The molecule has 1 N–H and O–H groups in total. The molecular formula is C23H30ClN3O4S. The van der Waals surface area contributed by atoms with Gasteiger partial charge in [0.2, 0.25) is 21.8 Å². The molecule has 0 aliphatic carbocycles. The van der Waals surface area contributed by atoms with Crippen molar-refractivity contribution in [1.82, 2.24) is 10.2 Å². The van der Waals surface area contributed by atoms with Gasteiger partial charge in [-0.1, -0.05) is 41.9 Å². The third kappa shape index (κ3) is 6.97. The van der Waals surface area contributed by atoms with Crippen LogP contribution in [0.15, 0.2) is 48.5 Å². The molecule has 0 spiro atoms. The molecule has 0 fully saturated rings. The summed E-state index contributed by atoms with van der Waals surface area (Å²) in [5, 5.41) is 3.02. The van der Waals surface area contributed by atoms with Crippen LogP contribution in [0, 0.1) is 6.92 Å². The molecule has 174 valence electrons. The first kappa shape index (κ1) is 25.7. The van der Waals surface area contributed by atoms with Crippen molar-refractivity contribution in [1.29, 1.82) is 0 Å². The number of amides is 2. The summed E-state index contributed by atoms with van der Waals surface area (Å²) in [6.07, 6.45) is 1.51. The van der Waals surface area contributed by atoms with Crippen molar-refractivity contribution in [3.63, 3.8) is 0 Å². The van der Waals surface area contributed by atoms with E-state index in [-0.39, 0.29) is 24.8 Å². The first-order chi connectivity index (χ1) is 15.0. The van der Waals surface area contributed by atoms with E-state index in [2.05, 4.69) is 5.32 Å². The molecule has 2 amide bonds. The molecule has 0 aliphatic rings. The van der Waals surface area contributed by atoms with E-state index < -0.39 is 16.1 Å². The van der Waals surface area contributed by atoms with Crippen molar-refractivity contribution in [2.45, 2.75) is 39.3 Å². The van der Waals surface area contributed by atoms with Crippen LogP contribution in [-0.2, 0) is 26.2 Å². The van der Waals surface area contributed by atoms with Crippen LogP contribution in [0.3, 0.4) is 0 Å². The lowest BCUT2D eigenvalue weighted by molar-refractivity contribution is -0.140. The number of anilines is 1. The van der Waals surface area contributed by atoms with Crippen LogP contribution in [0.5, 0.6) is 0 Å². The Morgan fingerprint density at radius 3 is 2.41 bits per heavy atom. The fourth-order valence-corrected chi connectivity index (χ4v) is 4.54. The Bertz CT molecular complexity index is 1060. The maximum Gasteiger partial charge on any atom is 0.242 e. The minimum absolute atomic E-state index is 0.0970. The summed E-state index contributed by atoms with van der Waals surface area (Å²) in [7, 11) is -2.02. The molecule has 32 heavy (non-hydrogen) atoms. The van der Waals surface area contributed by atoms with Crippen molar-refractivity contribution >= 4 is 39.1 Å². The lowest BCUT2D eigenvalue weighted by Gasteiger charge is -2.29. The summed E-state index contributed by atoms with van der Waals surface area (Å²) >= 11 is 6.01. The van der Waals surface area contributed by atoms with E-state index in [1.807, 2.05) is 31.2 Å². The number of halogens is 1. The van der Waals surface area contributed by atoms with Crippen LogP contribution in [-0.4, -0.2) is 51.0 Å². The second-order valence-electron chi connectivity index (χ2n) is 7.66. The van der Waals surface area contributed by atoms with Gasteiger partial charge in [0, 0.05) is 31.6 Å². The number of hydrogen-bond acceptors (Lipinski definition) is 4. The van der Waals surface area contributed by atoms with Crippen LogP contribution in [0.25, 0.3) is 0 Å². The van der Waals surface area contributed by atoms with E-state index >= 15 is 0 Å². The van der Waals surface area contributed by atoms with Crippen LogP contribution < -0.4 is 9.62 Å². The predicted octanol–water partition coefficient (Wildman–Crippen LogP) is 3.36. The molecule has 0 bridgehead atoms. The molecule has 0 unspecified atom stereocenters. The summed E-state index contributed by atoms with van der Waals surface area (Å²) in [6, 6.07) is 13.6. The SMILES string of the molecule is CNC(=O)[C@@H](C)N(Cc1ccccc1C)C(=O)CCCN(c1cccc(Cl)c1)S(C)(=O)=O. The Hall–Kier alpha value is -2.58.